The fourth-order valence-corrected chi connectivity index (χ4v) is 10.9. The molecule has 8 rings (SSSR count). The van der Waals surface area contributed by atoms with Gasteiger partial charge in [-0.05, 0) is 111 Å². The third-order valence-electron chi connectivity index (χ3n) is 13.6. The van der Waals surface area contributed by atoms with E-state index in [9.17, 15) is 24.0 Å². The predicted molar refractivity (Wildman–Crippen MR) is 246 cm³/mol. The van der Waals surface area contributed by atoms with Crippen molar-refractivity contribution in [1.82, 2.24) is 45.4 Å². The number of benzene rings is 1. The van der Waals surface area contributed by atoms with Gasteiger partial charge in [0.1, 0.15) is 6.04 Å². The van der Waals surface area contributed by atoms with Crippen molar-refractivity contribution >= 4 is 53.2 Å². The predicted octanol–water partition coefficient (Wildman–Crippen LogP) is 4.64. The minimum atomic E-state index is -0.590. The summed E-state index contributed by atoms with van der Waals surface area (Å²) >= 11 is 1.73. The molecule has 5 aliphatic heterocycles. The Morgan fingerprint density at radius 3 is 2.42 bits per heavy atom. The van der Waals surface area contributed by atoms with E-state index in [0.717, 1.165) is 150 Å². The molecular weight excluding hydrogens is 829 g/mol. The molecule has 1 atom stereocenters. The molecule has 4 fully saturated rings. The van der Waals surface area contributed by atoms with Crippen LogP contribution in [0.25, 0.3) is 6.08 Å². The van der Waals surface area contributed by atoms with Gasteiger partial charge in [-0.3, -0.25) is 39.2 Å². The molecule has 0 spiro atoms. The number of rotatable bonds is 17. The third-order valence-corrected chi connectivity index (χ3v) is 14.7. The molecule has 0 aliphatic carbocycles. The van der Waals surface area contributed by atoms with Gasteiger partial charge < -0.3 is 24.9 Å². The van der Waals surface area contributed by atoms with Crippen LogP contribution in [0.15, 0.2) is 65.8 Å². The quantitative estimate of drug-likeness (QED) is 0.0837. The number of hydrogen-bond donors (Lipinski definition) is 2. The molecule has 2 aromatic heterocycles. The molecule has 3 aromatic rings. The number of piperidine rings is 3. The zero-order valence-corrected chi connectivity index (χ0v) is 37.7. The summed E-state index contributed by atoms with van der Waals surface area (Å²) in [5.41, 5.74) is 2.99. The zero-order chi connectivity index (χ0) is 44.3. The first-order chi connectivity index (χ1) is 31.3. The largest absolute Gasteiger partial charge is 0.355 e. The van der Waals surface area contributed by atoms with Gasteiger partial charge in [-0.1, -0.05) is 31.0 Å². The first kappa shape index (κ1) is 45.4. The van der Waals surface area contributed by atoms with Crippen molar-refractivity contribution in [2.75, 3.05) is 76.1 Å². The number of fused-ring (bicyclic) bond motifs is 1. The first-order valence-corrected chi connectivity index (χ1v) is 24.4. The smallest absolute Gasteiger partial charge is 0.274 e. The molecule has 64 heavy (non-hydrogen) atoms. The number of thioether (sulfide) groups is 1. The highest BCUT2D eigenvalue weighted by atomic mass is 32.2. The number of imide groups is 1. The minimum Gasteiger partial charge on any atom is -0.355 e. The molecule has 16 heteroatoms. The van der Waals surface area contributed by atoms with E-state index < -0.39 is 6.04 Å². The van der Waals surface area contributed by atoms with Gasteiger partial charge in [-0.25, -0.2) is 0 Å². The van der Waals surface area contributed by atoms with Crippen molar-refractivity contribution in [3.05, 3.63) is 83.3 Å². The Morgan fingerprint density at radius 2 is 1.67 bits per heavy atom. The normalized spacial score (nSPS) is 20.5. The van der Waals surface area contributed by atoms with E-state index in [4.69, 9.17) is 0 Å². The van der Waals surface area contributed by atoms with Crippen molar-refractivity contribution in [3.63, 3.8) is 0 Å². The number of aromatic nitrogens is 3. The Morgan fingerprint density at radius 1 is 0.844 bits per heavy atom. The van der Waals surface area contributed by atoms with E-state index in [2.05, 4.69) is 40.5 Å². The number of likely N-dealkylation sites (tertiary alicyclic amines) is 1. The van der Waals surface area contributed by atoms with Crippen LogP contribution in [-0.2, 0) is 20.9 Å². The maximum atomic E-state index is 13.4. The Balaban J connectivity index is 0.670. The summed E-state index contributed by atoms with van der Waals surface area (Å²) in [6.07, 6.45) is 16.8. The molecule has 0 saturated carbocycles. The molecule has 15 nitrogen and oxygen atoms in total. The number of hydrogen-bond acceptors (Lipinski definition) is 12. The molecule has 0 radical (unpaired) electrons. The summed E-state index contributed by atoms with van der Waals surface area (Å²) in [5, 5.41) is 14.2. The van der Waals surface area contributed by atoms with E-state index in [1.165, 1.54) is 0 Å². The molecule has 5 aliphatic rings. The fourth-order valence-electron chi connectivity index (χ4n) is 9.80. The van der Waals surface area contributed by atoms with Crippen molar-refractivity contribution in [1.29, 1.82) is 0 Å². The highest BCUT2D eigenvalue weighted by molar-refractivity contribution is 7.99. The number of amides is 5. The molecule has 4 saturated heterocycles. The third kappa shape index (κ3) is 11.7. The van der Waals surface area contributed by atoms with Crippen molar-refractivity contribution < 1.29 is 24.0 Å². The highest BCUT2D eigenvalue weighted by Crippen LogP contribution is 2.35. The van der Waals surface area contributed by atoms with Gasteiger partial charge in [0.2, 0.25) is 17.7 Å². The molecule has 7 heterocycles. The second kappa shape index (κ2) is 22.1. The standard InChI is InChI=1S/C48H62N10O5S/c59-43(15-11-36-8-6-21-49-33-36)50-22-2-1-7-35-17-24-57(25-18-35)47(62)39-12-14-42(53-52-39)56-26-19-38(20-27-56)55-30-28-54(29-31-55)23-3-4-32-64-41-10-5-9-37-34-58(48(63)45(37)41)40-13-16-44(60)51-46(40)61/h5-6,8-12,14-15,21,33,35,38,40H,1-4,7,13,16-20,22-32,34H2,(H,50,59)(H,51,60,61)/b15-11+. The lowest BCUT2D eigenvalue weighted by Crippen LogP contribution is -2.53. The monoisotopic (exact) mass is 890 g/mol. The summed E-state index contributed by atoms with van der Waals surface area (Å²) in [5.74, 6) is 1.49. The summed E-state index contributed by atoms with van der Waals surface area (Å²) in [6.45, 7) is 9.81. The van der Waals surface area contributed by atoms with Crippen LogP contribution < -0.4 is 15.5 Å². The molecule has 1 aromatic carbocycles. The van der Waals surface area contributed by atoms with Crippen LogP contribution in [0.3, 0.4) is 0 Å². The summed E-state index contributed by atoms with van der Waals surface area (Å²) in [4.78, 5) is 79.1. The van der Waals surface area contributed by atoms with Gasteiger partial charge in [-0.2, -0.15) is 0 Å². The number of nitrogens with one attached hydrogen (secondary N) is 2. The van der Waals surface area contributed by atoms with Gasteiger partial charge in [0, 0.05) is 101 Å². The van der Waals surface area contributed by atoms with E-state index in [1.807, 2.05) is 47.4 Å². The number of nitrogens with zero attached hydrogens (tertiary/aromatic N) is 8. The molecule has 2 N–H and O–H groups in total. The highest BCUT2D eigenvalue weighted by Gasteiger charge is 2.40. The number of carbonyl (C=O) groups is 5. The lowest BCUT2D eigenvalue weighted by molar-refractivity contribution is -0.137. The van der Waals surface area contributed by atoms with Crippen LogP contribution in [0.5, 0.6) is 0 Å². The number of carbonyl (C=O) groups excluding carboxylic acids is 5. The Hall–Kier alpha value is -5.19. The summed E-state index contributed by atoms with van der Waals surface area (Å²) in [7, 11) is 0. The maximum absolute atomic E-state index is 13.4. The fraction of sp³-hybridized carbons (Fsp3) is 0.542. The lowest BCUT2D eigenvalue weighted by Gasteiger charge is -2.43. The molecule has 1 unspecified atom stereocenters. The van der Waals surface area contributed by atoms with Crippen molar-refractivity contribution in [3.8, 4) is 0 Å². The van der Waals surface area contributed by atoms with Crippen LogP contribution in [0.2, 0.25) is 0 Å². The second-order valence-corrected chi connectivity index (χ2v) is 18.9. The van der Waals surface area contributed by atoms with Crippen LogP contribution in [0.4, 0.5) is 5.82 Å². The average Bonchev–Trinajstić information content (AvgIpc) is 3.67. The Kier molecular flexibility index (Phi) is 15.7. The second-order valence-electron chi connectivity index (χ2n) is 17.8. The zero-order valence-electron chi connectivity index (χ0n) is 36.9. The first-order valence-electron chi connectivity index (χ1n) is 23.4. The number of unbranched alkanes of at least 4 members (excludes halogenated alkanes) is 2. The summed E-state index contributed by atoms with van der Waals surface area (Å²) in [6, 6.07) is 13.5. The van der Waals surface area contributed by atoms with Gasteiger partial charge in [0.15, 0.2) is 11.5 Å². The lowest BCUT2D eigenvalue weighted by atomic mass is 9.91. The molecule has 5 amide bonds. The number of pyridine rings is 1. The Bertz CT molecular complexity index is 2120. The topological polar surface area (TPSA) is 164 Å². The summed E-state index contributed by atoms with van der Waals surface area (Å²) < 4.78 is 0. The van der Waals surface area contributed by atoms with E-state index in [1.54, 1.807) is 41.2 Å². The van der Waals surface area contributed by atoms with Gasteiger partial charge in [-0.15, -0.1) is 22.0 Å². The van der Waals surface area contributed by atoms with E-state index in [-0.39, 0.29) is 36.0 Å². The van der Waals surface area contributed by atoms with Crippen LogP contribution in [0.1, 0.15) is 103 Å². The SMILES string of the molecule is O=C(/C=C/c1cccnc1)NCCCCC1CCN(C(=O)c2ccc(N3CCC(N4CCN(CCCCSc5cccc6c5C(=O)N(C5CCC(=O)NC5=O)C6)CC4)CC3)nn2)CC1. The molecule has 340 valence electrons. The molecule has 0 bridgehead atoms. The van der Waals surface area contributed by atoms with Crippen LogP contribution in [-0.4, -0.2) is 148 Å². The number of piperazine rings is 1. The number of anilines is 1. The molecular formula is C48H62N10O5S. The van der Waals surface area contributed by atoms with Gasteiger partial charge >= 0.3 is 0 Å². The average molecular weight is 891 g/mol. The van der Waals surface area contributed by atoms with E-state index >= 15 is 0 Å². The minimum absolute atomic E-state index is 0.0364. The van der Waals surface area contributed by atoms with Crippen molar-refractivity contribution in [2.45, 2.75) is 94.2 Å². The van der Waals surface area contributed by atoms with Gasteiger partial charge in [0.05, 0.1) is 5.56 Å². The Labute approximate surface area is 380 Å². The van der Waals surface area contributed by atoms with Crippen LogP contribution in [0, 0.1) is 5.92 Å². The maximum Gasteiger partial charge on any atom is 0.274 e. The van der Waals surface area contributed by atoms with Gasteiger partial charge in [0.25, 0.3) is 11.8 Å². The van der Waals surface area contributed by atoms with Crippen LogP contribution >= 0.6 is 11.8 Å². The van der Waals surface area contributed by atoms with Crippen molar-refractivity contribution in [2.24, 2.45) is 5.92 Å². The van der Waals surface area contributed by atoms with E-state index in [0.29, 0.717) is 37.2 Å².